The van der Waals surface area contributed by atoms with Crippen molar-refractivity contribution < 1.29 is 4.79 Å². The van der Waals surface area contributed by atoms with Gasteiger partial charge in [-0.05, 0) is 23.4 Å². The molecule has 0 radical (unpaired) electrons. The van der Waals surface area contributed by atoms with Crippen LogP contribution in [0.4, 0.5) is 0 Å². The normalized spacial score (nSPS) is 17.8. The molecular formula is C18H26OSSi. The van der Waals surface area contributed by atoms with E-state index in [2.05, 4.69) is 19.6 Å². The molecule has 1 nitrogen and oxygen atoms in total. The van der Waals surface area contributed by atoms with Gasteiger partial charge in [0.2, 0.25) is 0 Å². The van der Waals surface area contributed by atoms with Gasteiger partial charge in [-0.25, -0.2) is 0 Å². The summed E-state index contributed by atoms with van der Waals surface area (Å²) in [4.78, 5) is 12.5. The SMILES string of the molecule is C[Si](C)(C)/C(=C\C(=O)c1ccccc1)SC1CCCCC1. The van der Waals surface area contributed by atoms with Crippen molar-refractivity contribution in [2.45, 2.75) is 57.0 Å². The smallest absolute Gasteiger partial charge is 0.186 e. The Morgan fingerprint density at radius 3 is 2.29 bits per heavy atom. The topological polar surface area (TPSA) is 17.1 Å². The minimum absolute atomic E-state index is 0.163. The van der Waals surface area contributed by atoms with Crippen molar-refractivity contribution in [2.24, 2.45) is 0 Å². The van der Waals surface area contributed by atoms with Gasteiger partial charge in [0, 0.05) is 10.8 Å². The van der Waals surface area contributed by atoms with E-state index in [-0.39, 0.29) is 5.78 Å². The van der Waals surface area contributed by atoms with Crippen LogP contribution in [0.15, 0.2) is 40.9 Å². The summed E-state index contributed by atoms with van der Waals surface area (Å²) in [7, 11) is -1.46. The fourth-order valence-corrected chi connectivity index (χ4v) is 6.18. The van der Waals surface area contributed by atoms with Crippen LogP contribution in [0.5, 0.6) is 0 Å². The first kappa shape index (κ1) is 16.6. The predicted molar refractivity (Wildman–Crippen MR) is 96.7 cm³/mol. The predicted octanol–water partition coefficient (Wildman–Crippen LogP) is 5.70. The van der Waals surface area contributed by atoms with E-state index in [1.807, 2.05) is 48.2 Å². The molecule has 0 spiro atoms. The first-order chi connectivity index (χ1) is 9.97. The lowest BCUT2D eigenvalue weighted by molar-refractivity contribution is 0.104. The van der Waals surface area contributed by atoms with Gasteiger partial charge in [0.1, 0.15) is 0 Å². The Hall–Kier alpha value is -0.803. The van der Waals surface area contributed by atoms with Crippen molar-refractivity contribution in [3.05, 3.63) is 46.5 Å². The number of benzene rings is 1. The highest BCUT2D eigenvalue weighted by Gasteiger charge is 2.25. The van der Waals surface area contributed by atoms with Crippen molar-refractivity contribution >= 4 is 25.6 Å². The summed E-state index contributed by atoms with van der Waals surface area (Å²) in [6, 6.07) is 9.64. The molecule has 0 aliphatic heterocycles. The third-order valence-corrected chi connectivity index (χ3v) is 8.90. The number of rotatable bonds is 5. The van der Waals surface area contributed by atoms with E-state index >= 15 is 0 Å². The van der Waals surface area contributed by atoms with Crippen molar-refractivity contribution in [1.29, 1.82) is 0 Å². The Kier molecular flexibility index (Phi) is 5.88. The lowest BCUT2D eigenvalue weighted by Gasteiger charge is -2.27. The Morgan fingerprint density at radius 1 is 1.10 bits per heavy atom. The highest BCUT2D eigenvalue weighted by atomic mass is 32.2. The summed E-state index contributed by atoms with van der Waals surface area (Å²) in [5, 5.41) is 0.722. The number of allylic oxidation sites excluding steroid dienone is 1. The molecule has 1 aromatic carbocycles. The molecule has 0 aromatic heterocycles. The van der Waals surface area contributed by atoms with E-state index in [0.29, 0.717) is 0 Å². The highest BCUT2D eigenvalue weighted by molar-refractivity contribution is 8.05. The summed E-state index contributed by atoms with van der Waals surface area (Å²) < 4.78 is 1.36. The van der Waals surface area contributed by atoms with Gasteiger partial charge in [-0.15, -0.1) is 11.8 Å². The third kappa shape index (κ3) is 5.15. The molecule has 1 aliphatic carbocycles. The second kappa shape index (κ2) is 7.46. The zero-order valence-corrected chi connectivity index (χ0v) is 15.2. The fourth-order valence-electron chi connectivity index (χ4n) is 2.59. The van der Waals surface area contributed by atoms with Crippen LogP contribution in [-0.2, 0) is 0 Å². The fraction of sp³-hybridized carbons (Fsp3) is 0.500. The molecule has 3 heteroatoms. The van der Waals surface area contributed by atoms with E-state index < -0.39 is 8.07 Å². The summed E-state index contributed by atoms with van der Waals surface area (Å²) >= 11 is 2.00. The van der Waals surface area contributed by atoms with Crippen molar-refractivity contribution in [3.8, 4) is 0 Å². The number of carbonyl (C=O) groups excluding carboxylic acids is 1. The zero-order valence-electron chi connectivity index (χ0n) is 13.4. The van der Waals surface area contributed by atoms with E-state index in [1.165, 1.54) is 36.6 Å². The van der Waals surface area contributed by atoms with Gasteiger partial charge >= 0.3 is 0 Å². The summed E-state index contributed by atoms with van der Waals surface area (Å²) in [6.07, 6.45) is 8.64. The molecule has 1 aliphatic rings. The average molecular weight is 319 g/mol. The van der Waals surface area contributed by atoms with Gasteiger partial charge in [0.15, 0.2) is 5.78 Å². The van der Waals surface area contributed by atoms with E-state index in [0.717, 1.165) is 10.8 Å². The molecule has 1 saturated carbocycles. The van der Waals surface area contributed by atoms with Gasteiger partial charge in [-0.2, -0.15) is 0 Å². The molecule has 21 heavy (non-hydrogen) atoms. The number of hydrogen-bond acceptors (Lipinski definition) is 2. The van der Waals surface area contributed by atoms with Gasteiger partial charge in [-0.1, -0.05) is 69.2 Å². The lowest BCUT2D eigenvalue weighted by atomic mass is 10.0. The van der Waals surface area contributed by atoms with Gasteiger partial charge in [0.25, 0.3) is 0 Å². The number of thioether (sulfide) groups is 1. The van der Waals surface area contributed by atoms with E-state index in [9.17, 15) is 4.79 Å². The summed E-state index contributed by atoms with van der Waals surface area (Å²) in [5.41, 5.74) is 0.803. The number of ketones is 1. The summed E-state index contributed by atoms with van der Waals surface area (Å²) in [6.45, 7) is 7.02. The Bertz CT molecular complexity index is 496. The minimum atomic E-state index is -1.46. The molecule has 1 aromatic rings. The Balaban J connectivity index is 2.15. The quantitative estimate of drug-likeness (QED) is 0.394. The monoisotopic (exact) mass is 318 g/mol. The largest absolute Gasteiger partial charge is 0.289 e. The molecule has 2 rings (SSSR count). The Morgan fingerprint density at radius 2 is 1.71 bits per heavy atom. The van der Waals surface area contributed by atoms with Crippen molar-refractivity contribution in [1.82, 2.24) is 0 Å². The van der Waals surface area contributed by atoms with Crippen molar-refractivity contribution in [3.63, 3.8) is 0 Å². The lowest BCUT2D eigenvalue weighted by Crippen LogP contribution is -2.25. The number of hydrogen-bond donors (Lipinski definition) is 0. The van der Waals surface area contributed by atoms with Crippen LogP contribution in [0.25, 0.3) is 0 Å². The highest BCUT2D eigenvalue weighted by Crippen LogP contribution is 2.37. The first-order valence-corrected chi connectivity index (χ1v) is 12.3. The average Bonchev–Trinajstić information content (AvgIpc) is 2.47. The maximum absolute atomic E-state index is 12.5. The van der Waals surface area contributed by atoms with Gasteiger partial charge < -0.3 is 0 Å². The van der Waals surface area contributed by atoms with Crippen molar-refractivity contribution in [2.75, 3.05) is 0 Å². The molecule has 0 saturated heterocycles. The second-order valence-electron chi connectivity index (χ2n) is 6.87. The minimum Gasteiger partial charge on any atom is -0.289 e. The molecule has 114 valence electrons. The van der Waals surface area contributed by atoms with Gasteiger partial charge in [0.05, 0.1) is 8.07 Å². The maximum Gasteiger partial charge on any atom is 0.186 e. The van der Waals surface area contributed by atoms with Crippen LogP contribution in [0.1, 0.15) is 42.5 Å². The molecular weight excluding hydrogens is 292 g/mol. The van der Waals surface area contributed by atoms with Crippen LogP contribution >= 0.6 is 11.8 Å². The molecule has 0 bridgehead atoms. The summed E-state index contributed by atoms with van der Waals surface area (Å²) in [5.74, 6) is 0.163. The molecule has 0 unspecified atom stereocenters. The molecule has 0 heterocycles. The molecule has 0 amide bonds. The van der Waals surface area contributed by atoms with Crippen LogP contribution < -0.4 is 0 Å². The Labute approximate surface area is 134 Å². The third-order valence-electron chi connectivity index (χ3n) is 3.91. The maximum atomic E-state index is 12.5. The molecule has 1 fully saturated rings. The standard InChI is InChI=1S/C18H26OSSi/c1-21(2,3)18(20-16-12-8-5-9-13-16)14-17(19)15-10-6-4-7-11-15/h4,6-7,10-11,14,16H,5,8-9,12-13H2,1-3H3/b18-14-. The first-order valence-electron chi connectivity index (χ1n) is 7.95. The van der Waals surface area contributed by atoms with Crippen LogP contribution in [0, 0.1) is 0 Å². The second-order valence-corrected chi connectivity index (χ2v) is 13.6. The zero-order chi connectivity index (χ0) is 15.3. The van der Waals surface area contributed by atoms with E-state index in [1.54, 1.807) is 0 Å². The van der Waals surface area contributed by atoms with Crippen LogP contribution in [0.3, 0.4) is 0 Å². The van der Waals surface area contributed by atoms with Gasteiger partial charge in [-0.3, -0.25) is 4.79 Å². The van der Waals surface area contributed by atoms with Crippen LogP contribution in [0.2, 0.25) is 19.6 Å². The van der Waals surface area contributed by atoms with Crippen LogP contribution in [-0.4, -0.2) is 19.1 Å². The molecule has 0 N–H and O–H groups in total. The molecule has 0 atom stereocenters. The van der Waals surface area contributed by atoms with E-state index in [4.69, 9.17) is 0 Å². The number of carbonyl (C=O) groups is 1.